The number of ether oxygens (including phenoxy) is 1. The zero-order chi connectivity index (χ0) is 17.0. The highest BCUT2D eigenvalue weighted by Gasteiger charge is 2.15. The molecule has 0 saturated heterocycles. The van der Waals surface area contributed by atoms with Gasteiger partial charge in [-0.15, -0.1) is 6.42 Å². The molecule has 6 heteroatoms. The minimum Gasteiger partial charge on any atom is -0.478 e. The lowest BCUT2D eigenvalue weighted by Gasteiger charge is -2.07. The van der Waals surface area contributed by atoms with Crippen LogP contribution >= 0.6 is 0 Å². The van der Waals surface area contributed by atoms with Crippen LogP contribution in [-0.2, 0) is 0 Å². The quantitative estimate of drug-likeness (QED) is 0.510. The Balaban J connectivity index is 2.35. The van der Waals surface area contributed by atoms with E-state index in [1.807, 2.05) is 0 Å². The van der Waals surface area contributed by atoms with Crippen LogP contribution in [0.25, 0.3) is 0 Å². The largest absolute Gasteiger partial charge is 0.478 e. The Labute approximate surface area is 130 Å². The second-order valence-electron chi connectivity index (χ2n) is 4.47. The number of carboxylic acids is 2. The van der Waals surface area contributed by atoms with Crippen LogP contribution in [0, 0.1) is 12.3 Å². The van der Waals surface area contributed by atoms with Crippen molar-refractivity contribution in [1.29, 1.82) is 0 Å². The normalized spacial score (nSPS) is 9.70. The van der Waals surface area contributed by atoms with Crippen LogP contribution in [0.15, 0.2) is 42.5 Å². The second-order valence-corrected chi connectivity index (χ2v) is 4.47. The molecule has 0 amide bonds. The molecule has 0 spiro atoms. The van der Waals surface area contributed by atoms with Gasteiger partial charge in [-0.05, 0) is 36.4 Å². The first-order valence-corrected chi connectivity index (χ1v) is 6.31. The summed E-state index contributed by atoms with van der Waals surface area (Å²) in [6.07, 6.45) is 5.25. The fourth-order valence-corrected chi connectivity index (χ4v) is 1.81. The molecule has 0 saturated carbocycles. The first kappa shape index (κ1) is 15.8. The van der Waals surface area contributed by atoms with Crippen LogP contribution < -0.4 is 4.74 Å². The van der Waals surface area contributed by atoms with Gasteiger partial charge in [-0.1, -0.05) is 12.0 Å². The fraction of sp³-hybridized carbons (Fsp3) is 0. The lowest BCUT2D eigenvalue weighted by Crippen LogP contribution is -2.10. The van der Waals surface area contributed by atoms with Gasteiger partial charge in [-0.3, -0.25) is 0 Å². The zero-order valence-electron chi connectivity index (χ0n) is 11.6. The SMILES string of the molecule is C#Cc1cccc(C(=O)Oc2cc(C(=O)O)cc(C(=O)O)c2)c1. The third-order valence-corrected chi connectivity index (χ3v) is 2.88. The van der Waals surface area contributed by atoms with Crippen LogP contribution in [0.2, 0.25) is 0 Å². The van der Waals surface area contributed by atoms with Crippen molar-refractivity contribution in [3.8, 4) is 18.1 Å². The molecule has 0 aromatic heterocycles. The Morgan fingerprint density at radius 1 is 0.913 bits per heavy atom. The van der Waals surface area contributed by atoms with Gasteiger partial charge in [-0.2, -0.15) is 0 Å². The number of carboxylic acid groups (broad SMARTS) is 2. The Morgan fingerprint density at radius 2 is 1.52 bits per heavy atom. The van der Waals surface area contributed by atoms with Crippen molar-refractivity contribution in [3.05, 3.63) is 64.7 Å². The van der Waals surface area contributed by atoms with Gasteiger partial charge in [-0.25, -0.2) is 14.4 Å². The van der Waals surface area contributed by atoms with Crippen LogP contribution in [0.3, 0.4) is 0 Å². The molecule has 2 rings (SSSR count). The average molecular weight is 310 g/mol. The van der Waals surface area contributed by atoms with Crippen molar-refractivity contribution >= 4 is 17.9 Å². The summed E-state index contributed by atoms with van der Waals surface area (Å²) in [6, 6.07) is 9.21. The lowest BCUT2D eigenvalue weighted by molar-refractivity contribution is 0.0681. The van der Waals surface area contributed by atoms with Gasteiger partial charge < -0.3 is 14.9 Å². The van der Waals surface area contributed by atoms with Gasteiger partial charge in [0.1, 0.15) is 5.75 Å². The third kappa shape index (κ3) is 3.74. The van der Waals surface area contributed by atoms with E-state index in [-0.39, 0.29) is 22.4 Å². The monoisotopic (exact) mass is 310 g/mol. The number of carbonyl (C=O) groups excluding carboxylic acids is 1. The van der Waals surface area contributed by atoms with Crippen molar-refractivity contribution in [2.45, 2.75) is 0 Å². The molecule has 0 radical (unpaired) electrons. The van der Waals surface area contributed by atoms with Crippen molar-refractivity contribution in [1.82, 2.24) is 0 Å². The maximum absolute atomic E-state index is 12.1. The molecule has 0 atom stereocenters. The fourth-order valence-electron chi connectivity index (χ4n) is 1.81. The van der Waals surface area contributed by atoms with E-state index >= 15 is 0 Å². The zero-order valence-corrected chi connectivity index (χ0v) is 11.6. The topological polar surface area (TPSA) is 101 Å². The van der Waals surface area contributed by atoms with E-state index in [4.69, 9.17) is 21.4 Å². The number of hydrogen-bond acceptors (Lipinski definition) is 4. The highest BCUT2D eigenvalue weighted by atomic mass is 16.5. The van der Waals surface area contributed by atoms with Crippen molar-refractivity contribution in [3.63, 3.8) is 0 Å². The van der Waals surface area contributed by atoms with Crippen molar-refractivity contribution < 1.29 is 29.3 Å². The molecule has 0 fully saturated rings. The third-order valence-electron chi connectivity index (χ3n) is 2.88. The summed E-state index contributed by atoms with van der Waals surface area (Å²) in [7, 11) is 0. The second kappa shape index (κ2) is 6.45. The Morgan fingerprint density at radius 3 is 2.04 bits per heavy atom. The summed E-state index contributed by atoms with van der Waals surface area (Å²) in [5.41, 5.74) is 0.0400. The predicted molar refractivity (Wildman–Crippen MR) is 79.7 cm³/mol. The molecule has 0 aliphatic carbocycles. The predicted octanol–water partition coefficient (Wildman–Crippen LogP) is 2.28. The van der Waals surface area contributed by atoms with E-state index in [1.165, 1.54) is 12.1 Å². The molecule has 0 aliphatic heterocycles. The molecule has 0 unspecified atom stereocenters. The van der Waals surface area contributed by atoms with E-state index in [9.17, 15) is 14.4 Å². The minimum atomic E-state index is -1.33. The maximum atomic E-state index is 12.1. The Kier molecular flexibility index (Phi) is 4.43. The van der Waals surface area contributed by atoms with Gasteiger partial charge in [0.05, 0.1) is 16.7 Å². The lowest BCUT2D eigenvalue weighted by atomic mass is 10.1. The number of esters is 1. The van der Waals surface area contributed by atoms with E-state index < -0.39 is 17.9 Å². The van der Waals surface area contributed by atoms with E-state index in [0.29, 0.717) is 5.56 Å². The summed E-state index contributed by atoms with van der Waals surface area (Å²) in [5, 5.41) is 18.0. The molecule has 2 aromatic carbocycles. The highest BCUT2D eigenvalue weighted by molar-refractivity contribution is 5.96. The van der Waals surface area contributed by atoms with Gasteiger partial charge in [0.25, 0.3) is 0 Å². The highest BCUT2D eigenvalue weighted by Crippen LogP contribution is 2.19. The minimum absolute atomic E-state index is 0.165. The molecule has 0 bridgehead atoms. The molecule has 2 aromatic rings. The molecule has 0 aliphatic rings. The number of carbonyl (C=O) groups is 3. The number of rotatable bonds is 4. The number of hydrogen-bond donors (Lipinski definition) is 2. The summed E-state index contributed by atoms with van der Waals surface area (Å²) in [6.45, 7) is 0. The van der Waals surface area contributed by atoms with Crippen molar-refractivity contribution in [2.24, 2.45) is 0 Å². The van der Waals surface area contributed by atoms with Gasteiger partial charge in [0.15, 0.2) is 0 Å². The molecular weight excluding hydrogens is 300 g/mol. The van der Waals surface area contributed by atoms with Gasteiger partial charge in [0, 0.05) is 5.56 Å². The van der Waals surface area contributed by atoms with E-state index in [1.54, 1.807) is 12.1 Å². The van der Waals surface area contributed by atoms with Crippen molar-refractivity contribution in [2.75, 3.05) is 0 Å². The molecule has 23 heavy (non-hydrogen) atoms. The number of aromatic carboxylic acids is 2. The van der Waals surface area contributed by atoms with E-state index in [0.717, 1.165) is 18.2 Å². The number of terminal acetylenes is 1. The van der Waals surface area contributed by atoms with Crippen LogP contribution in [-0.4, -0.2) is 28.1 Å². The van der Waals surface area contributed by atoms with Gasteiger partial charge in [0.2, 0.25) is 0 Å². The standard InChI is InChI=1S/C17H10O6/c1-2-10-4-3-5-11(6-10)17(22)23-14-8-12(15(18)19)7-13(9-14)16(20)21/h1,3-9H,(H,18,19)(H,20,21). The van der Waals surface area contributed by atoms with Crippen LogP contribution in [0.4, 0.5) is 0 Å². The summed E-state index contributed by atoms with van der Waals surface area (Å²) >= 11 is 0. The van der Waals surface area contributed by atoms with Crippen LogP contribution in [0.1, 0.15) is 36.6 Å². The first-order chi connectivity index (χ1) is 10.9. The van der Waals surface area contributed by atoms with Gasteiger partial charge >= 0.3 is 17.9 Å². The maximum Gasteiger partial charge on any atom is 0.343 e. The average Bonchev–Trinajstić information content (AvgIpc) is 2.54. The molecule has 114 valence electrons. The van der Waals surface area contributed by atoms with E-state index in [2.05, 4.69) is 5.92 Å². The molecule has 0 heterocycles. The summed E-state index contributed by atoms with van der Waals surface area (Å²) < 4.78 is 5.05. The molecule has 6 nitrogen and oxygen atoms in total. The molecule has 2 N–H and O–H groups in total. The number of benzene rings is 2. The van der Waals surface area contributed by atoms with Crippen LogP contribution in [0.5, 0.6) is 5.75 Å². The smallest absolute Gasteiger partial charge is 0.343 e. The first-order valence-electron chi connectivity index (χ1n) is 6.31. The Hall–Kier alpha value is -3.59. The summed E-state index contributed by atoms with van der Waals surface area (Å²) in [5.74, 6) is -1.26. The molecular formula is C17H10O6. The summed E-state index contributed by atoms with van der Waals surface area (Å²) in [4.78, 5) is 34.1. The Bertz CT molecular complexity index is 812.